The van der Waals surface area contributed by atoms with Gasteiger partial charge in [-0.1, -0.05) is 12.1 Å². The van der Waals surface area contributed by atoms with Crippen LogP contribution in [0.4, 0.5) is 0 Å². The summed E-state index contributed by atoms with van der Waals surface area (Å²) in [7, 11) is 1.56. The molecule has 2 rings (SSSR count). The molecular weight excluding hydrogens is 376 g/mol. The molecule has 1 fully saturated rings. The molecule has 8 heteroatoms. The summed E-state index contributed by atoms with van der Waals surface area (Å²) in [6.07, 6.45) is -1.12. The molecule has 1 aliphatic rings. The van der Waals surface area contributed by atoms with E-state index >= 15 is 0 Å². The zero-order valence-electron chi connectivity index (χ0n) is 17.6. The molecule has 0 saturated carbocycles. The fraction of sp³-hybridized carbons (Fsp3) is 0.571. The largest absolute Gasteiger partial charge is 0.497 e. The Bertz CT molecular complexity index is 710. The maximum absolute atomic E-state index is 12.6. The highest BCUT2D eigenvalue weighted by molar-refractivity contribution is 5.84. The summed E-state index contributed by atoms with van der Waals surface area (Å²) in [5, 5.41) is 2.75. The van der Waals surface area contributed by atoms with Gasteiger partial charge in [-0.05, 0) is 38.5 Å². The first-order valence-electron chi connectivity index (χ1n) is 9.74. The van der Waals surface area contributed by atoms with Gasteiger partial charge in [0, 0.05) is 20.0 Å². The van der Waals surface area contributed by atoms with E-state index in [9.17, 15) is 14.4 Å². The average molecular weight is 406 g/mol. The predicted molar refractivity (Wildman–Crippen MR) is 106 cm³/mol. The lowest BCUT2D eigenvalue weighted by Gasteiger charge is -2.36. The summed E-state index contributed by atoms with van der Waals surface area (Å²) in [5.41, 5.74) is 0.743. The van der Waals surface area contributed by atoms with Crippen molar-refractivity contribution in [3.63, 3.8) is 0 Å². The van der Waals surface area contributed by atoms with Gasteiger partial charge in [-0.2, -0.15) is 0 Å². The Morgan fingerprint density at radius 2 is 1.76 bits per heavy atom. The first-order valence-corrected chi connectivity index (χ1v) is 9.74. The van der Waals surface area contributed by atoms with Crippen molar-refractivity contribution in [2.45, 2.75) is 58.5 Å². The van der Waals surface area contributed by atoms with Crippen LogP contribution in [0.25, 0.3) is 0 Å². The van der Waals surface area contributed by atoms with E-state index in [1.165, 1.54) is 6.92 Å². The van der Waals surface area contributed by atoms with E-state index in [1.807, 2.05) is 13.8 Å². The third kappa shape index (κ3) is 6.74. The van der Waals surface area contributed by atoms with E-state index in [0.29, 0.717) is 18.8 Å². The molecule has 0 aliphatic carbocycles. The van der Waals surface area contributed by atoms with Crippen LogP contribution in [0.1, 0.15) is 45.7 Å². The number of methoxy groups -OCH3 is 1. The number of carbonyl (C=O) groups is 3. The van der Waals surface area contributed by atoms with E-state index in [-0.39, 0.29) is 30.4 Å². The van der Waals surface area contributed by atoms with Crippen LogP contribution in [0.5, 0.6) is 5.75 Å². The van der Waals surface area contributed by atoms with Gasteiger partial charge in [0.2, 0.25) is 5.91 Å². The van der Waals surface area contributed by atoms with Gasteiger partial charge >= 0.3 is 5.97 Å². The Kier molecular flexibility index (Phi) is 8.01. The number of amides is 2. The minimum atomic E-state index is -0.908. The van der Waals surface area contributed by atoms with Crippen molar-refractivity contribution in [2.75, 3.05) is 20.2 Å². The van der Waals surface area contributed by atoms with Crippen LogP contribution in [0.3, 0.4) is 0 Å². The normalized spacial score (nSPS) is 21.1. The second-order valence-electron chi connectivity index (χ2n) is 7.36. The Balaban J connectivity index is 1.99. The quantitative estimate of drug-likeness (QED) is 0.695. The number of hydrogen-bond acceptors (Lipinski definition) is 6. The van der Waals surface area contributed by atoms with E-state index in [0.717, 1.165) is 5.56 Å². The van der Waals surface area contributed by atoms with Crippen molar-refractivity contribution < 1.29 is 28.6 Å². The molecule has 1 aromatic rings. The summed E-state index contributed by atoms with van der Waals surface area (Å²) < 4.78 is 16.1. The maximum atomic E-state index is 12.6. The number of ether oxygens (including phenoxy) is 3. The van der Waals surface area contributed by atoms with Gasteiger partial charge in [-0.15, -0.1) is 0 Å². The SMILES string of the molecule is COc1ccc(C(CC(=O)OC(C)C(=O)N2CC(C)OC(C)C2)NC(C)=O)cc1. The van der Waals surface area contributed by atoms with Crippen LogP contribution in [0.2, 0.25) is 0 Å². The van der Waals surface area contributed by atoms with Gasteiger partial charge in [0.15, 0.2) is 6.10 Å². The van der Waals surface area contributed by atoms with Crippen molar-refractivity contribution >= 4 is 17.8 Å². The molecule has 1 saturated heterocycles. The molecule has 1 aromatic carbocycles. The summed E-state index contributed by atoms with van der Waals surface area (Å²) in [4.78, 5) is 38.3. The van der Waals surface area contributed by atoms with Gasteiger partial charge in [0.05, 0.1) is 31.8 Å². The van der Waals surface area contributed by atoms with Crippen LogP contribution in [0.15, 0.2) is 24.3 Å². The van der Waals surface area contributed by atoms with Crippen LogP contribution in [-0.2, 0) is 23.9 Å². The number of esters is 1. The number of nitrogens with zero attached hydrogens (tertiary/aromatic N) is 1. The van der Waals surface area contributed by atoms with Crippen molar-refractivity contribution in [1.82, 2.24) is 10.2 Å². The molecule has 0 spiro atoms. The second kappa shape index (κ2) is 10.2. The molecule has 160 valence electrons. The lowest BCUT2D eigenvalue weighted by molar-refractivity contribution is -0.164. The molecule has 29 heavy (non-hydrogen) atoms. The minimum absolute atomic E-state index is 0.0650. The number of benzene rings is 1. The molecule has 0 radical (unpaired) electrons. The maximum Gasteiger partial charge on any atom is 0.309 e. The summed E-state index contributed by atoms with van der Waals surface area (Å²) >= 11 is 0. The van der Waals surface area contributed by atoms with Gasteiger partial charge < -0.3 is 24.4 Å². The number of nitrogens with one attached hydrogen (secondary N) is 1. The van der Waals surface area contributed by atoms with Crippen molar-refractivity contribution in [3.05, 3.63) is 29.8 Å². The Labute approximate surface area is 171 Å². The van der Waals surface area contributed by atoms with Gasteiger partial charge in [-0.3, -0.25) is 14.4 Å². The molecule has 0 aromatic heterocycles. The predicted octanol–water partition coefficient (Wildman–Crippen LogP) is 1.83. The van der Waals surface area contributed by atoms with E-state index in [4.69, 9.17) is 14.2 Å². The topological polar surface area (TPSA) is 94.2 Å². The Hall–Kier alpha value is -2.61. The summed E-state index contributed by atoms with van der Waals surface area (Å²) in [5.74, 6) is -0.402. The summed E-state index contributed by atoms with van der Waals surface area (Å²) in [6, 6.07) is 6.50. The van der Waals surface area contributed by atoms with E-state index in [1.54, 1.807) is 43.2 Å². The molecule has 1 aliphatic heterocycles. The third-order valence-corrected chi connectivity index (χ3v) is 4.65. The molecule has 2 amide bonds. The van der Waals surface area contributed by atoms with Crippen LogP contribution >= 0.6 is 0 Å². The number of carbonyl (C=O) groups excluding carboxylic acids is 3. The van der Waals surface area contributed by atoms with E-state index in [2.05, 4.69) is 5.32 Å². The second-order valence-corrected chi connectivity index (χ2v) is 7.36. The van der Waals surface area contributed by atoms with Crippen molar-refractivity contribution in [1.29, 1.82) is 0 Å². The van der Waals surface area contributed by atoms with Crippen molar-refractivity contribution in [3.8, 4) is 5.75 Å². The molecule has 1 heterocycles. The van der Waals surface area contributed by atoms with Gasteiger partial charge in [0.25, 0.3) is 5.91 Å². The van der Waals surface area contributed by atoms with Gasteiger partial charge in [0.1, 0.15) is 5.75 Å². The highest BCUT2D eigenvalue weighted by Gasteiger charge is 2.31. The molecule has 4 unspecified atom stereocenters. The number of hydrogen-bond donors (Lipinski definition) is 1. The minimum Gasteiger partial charge on any atom is -0.497 e. The Morgan fingerprint density at radius 3 is 2.28 bits per heavy atom. The third-order valence-electron chi connectivity index (χ3n) is 4.65. The number of morpholine rings is 1. The summed E-state index contributed by atoms with van der Waals surface area (Å²) in [6.45, 7) is 7.68. The van der Waals surface area contributed by atoms with Crippen LogP contribution in [-0.4, -0.2) is 61.2 Å². The number of rotatable bonds is 7. The zero-order valence-corrected chi connectivity index (χ0v) is 17.6. The zero-order chi connectivity index (χ0) is 21.6. The molecule has 0 bridgehead atoms. The molecule has 8 nitrogen and oxygen atoms in total. The van der Waals surface area contributed by atoms with Crippen LogP contribution in [0, 0.1) is 0 Å². The standard InChI is InChI=1S/C21H30N2O6/c1-13-11-23(12-14(2)28-13)21(26)15(3)29-20(25)10-19(22-16(4)24)17-6-8-18(27-5)9-7-17/h6-9,13-15,19H,10-12H2,1-5H3,(H,22,24). The van der Waals surface area contributed by atoms with Crippen LogP contribution < -0.4 is 10.1 Å². The van der Waals surface area contributed by atoms with Crippen molar-refractivity contribution in [2.24, 2.45) is 0 Å². The average Bonchev–Trinajstić information content (AvgIpc) is 2.65. The molecule has 1 N–H and O–H groups in total. The first kappa shape index (κ1) is 22.7. The highest BCUT2D eigenvalue weighted by Crippen LogP contribution is 2.21. The fourth-order valence-electron chi connectivity index (χ4n) is 3.41. The Morgan fingerprint density at radius 1 is 1.17 bits per heavy atom. The monoisotopic (exact) mass is 406 g/mol. The first-order chi connectivity index (χ1) is 13.7. The smallest absolute Gasteiger partial charge is 0.309 e. The fourth-order valence-corrected chi connectivity index (χ4v) is 3.41. The van der Waals surface area contributed by atoms with E-state index < -0.39 is 18.1 Å². The molecular formula is C21H30N2O6. The van der Waals surface area contributed by atoms with Gasteiger partial charge in [-0.25, -0.2) is 0 Å². The highest BCUT2D eigenvalue weighted by atomic mass is 16.5. The molecule has 4 atom stereocenters. The lowest BCUT2D eigenvalue weighted by Crippen LogP contribution is -2.51. The lowest BCUT2D eigenvalue weighted by atomic mass is 10.0.